The zero-order valence-electron chi connectivity index (χ0n) is 9.80. The zero-order chi connectivity index (χ0) is 12.1. The van der Waals surface area contributed by atoms with Gasteiger partial charge in [0.2, 0.25) is 0 Å². The highest BCUT2D eigenvalue weighted by atomic mass is 32.1. The molecule has 0 aliphatic rings. The molecule has 17 heavy (non-hydrogen) atoms. The van der Waals surface area contributed by atoms with E-state index in [2.05, 4.69) is 17.1 Å². The van der Waals surface area contributed by atoms with Crippen LogP contribution in [0.4, 0.5) is 0 Å². The summed E-state index contributed by atoms with van der Waals surface area (Å²) in [6.07, 6.45) is 3.76. The van der Waals surface area contributed by atoms with Crippen molar-refractivity contribution in [3.05, 3.63) is 46.4 Å². The molecule has 0 fully saturated rings. The summed E-state index contributed by atoms with van der Waals surface area (Å²) >= 11 is 1.62. The van der Waals surface area contributed by atoms with E-state index in [-0.39, 0.29) is 6.04 Å². The second kappa shape index (κ2) is 5.80. The minimum atomic E-state index is 0.0876. The van der Waals surface area contributed by atoms with Gasteiger partial charge in [0.05, 0.1) is 12.6 Å². The number of hydrogen-bond donors (Lipinski definition) is 1. The summed E-state index contributed by atoms with van der Waals surface area (Å²) in [4.78, 5) is 5.19. The highest BCUT2D eigenvalue weighted by Gasteiger charge is 2.07. The van der Waals surface area contributed by atoms with Crippen LogP contribution in [0.3, 0.4) is 0 Å². The third-order valence-corrected chi connectivity index (χ3v) is 3.63. The largest absolute Gasteiger partial charge is 0.497 e. The molecule has 4 heteroatoms. The Kier molecular flexibility index (Phi) is 4.12. The maximum Gasteiger partial charge on any atom is 0.118 e. The van der Waals surface area contributed by atoms with Gasteiger partial charge in [0.1, 0.15) is 5.75 Å². The minimum Gasteiger partial charge on any atom is -0.497 e. The fraction of sp³-hybridized carbons (Fsp3) is 0.308. The molecule has 2 N–H and O–H groups in total. The molecule has 0 saturated heterocycles. The maximum absolute atomic E-state index is 6.09. The van der Waals surface area contributed by atoms with Crippen molar-refractivity contribution in [1.29, 1.82) is 0 Å². The van der Waals surface area contributed by atoms with Gasteiger partial charge in [-0.05, 0) is 30.5 Å². The molecule has 2 rings (SSSR count). The van der Waals surface area contributed by atoms with Crippen LogP contribution in [0.1, 0.15) is 22.9 Å². The van der Waals surface area contributed by atoms with Crippen LogP contribution in [-0.2, 0) is 6.42 Å². The Balaban J connectivity index is 1.89. The van der Waals surface area contributed by atoms with E-state index in [0.717, 1.165) is 23.5 Å². The molecular weight excluding hydrogens is 232 g/mol. The summed E-state index contributed by atoms with van der Waals surface area (Å²) in [6.45, 7) is 0. The number of aryl methyl sites for hydroxylation is 1. The van der Waals surface area contributed by atoms with Crippen molar-refractivity contribution >= 4 is 11.3 Å². The van der Waals surface area contributed by atoms with Crippen LogP contribution in [0.5, 0.6) is 5.75 Å². The monoisotopic (exact) mass is 248 g/mol. The molecule has 0 saturated carbocycles. The second-order valence-corrected chi connectivity index (χ2v) is 4.81. The first-order valence-corrected chi connectivity index (χ1v) is 6.44. The van der Waals surface area contributed by atoms with Gasteiger partial charge in [-0.15, -0.1) is 11.3 Å². The second-order valence-electron chi connectivity index (χ2n) is 3.90. The third kappa shape index (κ3) is 3.28. The summed E-state index contributed by atoms with van der Waals surface area (Å²) in [5.74, 6) is 0.889. The summed E-state index contributed by atoms with van der Waals surface area (Å²) < 4.78 is 5.12. The van der Waals surface area contributed by atoms with Crippen LogP contribution in [0.25, 0.3) is 0 Å². The number of rotatable bonds is 5. The molecule has 3 nitrogen and oxygen atoms in total. The Morgan fingerprint density at radius 1 is 1.35 bits per heavy atom. The fourth-order valence-corrected chi connectivity index (χ4v) is 2.32. The molecule has 1 atom stereocenters. The van der Waals surface area contributed by atoms with Gasteiger partial charge in [0, 0.05) is 17.1 Å². The highest BCUT2D eigenvalue weighted by molar-refractivity contribution is 7.09. The maximum atomic E-state index is 6.09. The summed E-state index contributed by atoms with van der Waals surface area (Å²) in [6, 6.07) is 8.21. The van der Waals surface area contributed by atoms with Gasteiger partial charge in [-0.25, -0.2) is 0 Å². The predicted molar refractivity (Wildman–Crippen MR) is 70.4 cm³/mol. The third-order valence-electron chi connectivity index (χ3n) is 2.72. The standard InChI is InChI=1S/C13H16N2OS/c1-16-11-5-2-10(3-6-11)4-7-12(14)13-8-15-9-17-13/h2-3,5-6,8-9,12H,4,7,14H2,1H3. The van der Waals surface area contributed by atoms with Crippen molar-refractivity contribution in [2.24, 2.45) is 5.73 Å². The van der Waals surface area contributed by atoms with Crippen LogP contribution in [0.15, 0.2) is 36.0 Å². The van der Waals surface area contributed by atoms with Gasteiger partial charge < -0.3 is 10.5 Å². The van der Waals surface area contributed by atoms with Gasteiger partial charge >= 0.3 is 0 Å². The normalized spacial score (nSPS) is 12.4. The number of methoxy groups -OCH3 is 1. The lowest BCUT2D eigenvalue weighted by molar-refractivity contribution is 0.414. The Bertz CT molecular complexity index is 439. The summed E-state index contributed by atoms with van der Waals surface area (Å²) in [7, 11) is 1.68. The van der Waals surface area contributed by atoms with Crippen molar-refractivity contribution in [3.63, 3.8) is 0 Å². The molecule has 1 aromatic heterocycles. The van der Waals surface area contributed by atoms with E-state index in [1.54, 1.807) is 18.4 Å². The van der Waals surface area contributed by atoms with Crippen LogP contribution < -0.4 is 10.5 Å². The molecule has 0 bridgehead atoms. The van der Waals surface area contributed by atoms with Crippen LogP contribution >= 0.6 is 11.3 Å². The highest BCUT2D eigenvalue weighted by Crippen LogP contribution is 2.20. The van der Waals surface area contributed by atoms with Crippen molar-refractivity contribution in [2.75, 3.05) is 7.11 Å². The number of benzene rings is 1. The fourth-order valence-electron chi connectivity index (χ4n) is 1.67. The van der Waals surface area contributed by atoms with Gasteiger partial charge in [0.15, 0.2) is 0 Å². The molecule has 1 unspecified atom stereocenters. The molecular formula is C13H16N2OS. The smallest absolute Gasteiger partial charge is 0.118 e. The van der Waals surface area contributed by atoms with Crippen LogP contribution in [0, 0.1) is 0 Å². The van der Waals surface area contributed by atoms with Crippen molar-refractivity contribution < 1.29 is 4.74 Å². The van der Waals surface area contributed by atoms with E-state index in [1.165, 1.54) is 5.56 Å². The molecule has 2 aromatic rings. The molecule has 90 valence electrons. The van der Waals surface area contributed by atoms with Gasteiger partial charge in [0.25, 0.3) is 0 Å². The number of thiazole rings is 1. The van der Waals surface area contributed by atoms with Gasteiger partial charge in [-0.2, -0.15) is 0 Å². The Hall–Kier alpha value is -1.39. The van der Waals surface area contributed by atoms with Gasteiger partial charge in [-0.1, -0.05) is 12.1 Å². The van der Waals surface area contributed by atoms with E-state index in [4.69, 9.17) is 10.5 Å². The molecule has 1 heterocycles. The molecule has 0 spiro atoms. The molecule has 1 aromatic carbocycles. The lowest BCUT2D eigenvalue weighted by atomic mass is 10.1. The molecule has 0 radical (unpaired) electrons. The molecule has 0 amide bonds. The number of nitrogens with two attached hydrogens (primary N) is 1. The number of hydrogen-bond acceptors (Lipinski definition) is 4. The Labute approximate surface area is 105 Å². The van der Waals surface area contributed by atoms with E-state index in [0.29, 0.717) is 0 Å². The first kappa shape index (κ1) is 12.1. The number of aromatic nitrogens is 1. The predicted octanol–water partition coefficient (Wildman–Crippen LogP) is 2.78. The van der Waals surface area contributed by atoms with E-state index in [9.17, 15) is 0 Å². The Morgan fingerprint density at radius 2 is 2.12 bits per heavy atom. The SMILES string of the molecule is COc1ccc(CCC(N)c2cncs2)cc1. The lowest BCUT2D eigenvalue weighted by Crippen LogP contribution is -2.09. The van der Waals surface area contributed by atoms with E-state index in [1.807, 2.05) is 23.8 Å². The summed E-state index contributed by atoms with van der Waals surface area (Å²) in [5.41, 5.74) is 9.19. The average molecular weight is 248 g/mol. The number of nitrogens with zero attached hydrogens (tertiary/aromatic N) is 1. The quantitative estimate of drug-likeness (QED) is 0.885. The molecule has 0 aliphatic heterocycles. The van der Waals surface area contributed by atoms with Gasteiger partial charge in [-0.3, -0.25) is 4.98 Å². The van der Waals surface area contributed by atoms with Crippen LogP contribution in [0.2, 0.25) is 0 Å². The Morgan fingerprint density at radius 3 is 2.71 bits per heavy atom. The van der Waals surface area contributed by atoms with E-state index < -0.39 is 0 Å². The number of ether oxygens (including phenoxy) is 1. The lowest BCUT2D eigenvalue weighted by Gasteiger charge is -2.09. The topological polar surface area (TPSA) is 48.1 Å². The van der Waals surface area contributed by atoms with Crippen molar-refractivity contribution in [1.82, 2.24) is 4.98 Å². The van der Waals surface area contributed by atoms with Crippen LogP contribution in [-0.4, -0.2) is 12.1 Å². The van der Waals surface area contributed by atoms with E-state index >= 15 is 0 Å². The minimum absolute atomic E-state index is 0.0876. The zero-order valence-corrected chi connectivity index (χ0v) is 10.6. The molecule has 0 aliphatic carbocycles. The first-order chi connectivity index (χ1) is 8.29. The summed E-state index contributed by atoms with van der Waals surface area (Å²) in [5, 5.41) is 0. The average Bonchev–Trinajstić information content (AvgIpc) is 2.90. The first-order valence-electron chi connectivity index (χ1n) is 5.56. The van der Waals surface area contributed by atoms with Crippen molar-refractivity contribution in [2.45, 2.75) is 18.9 Å². The van der Waals surface area contributed by atoms with Crippen molar-refractivity contribution in [3.8, 4) is 5.75 Å².